The van der Waals surface area contributed by atoms with E-state index in [2.05, 4.69) is 35.4 Å². The molecule has 0 radical (unpaired) electrons. The van der Waals surface area contributed by atoms with Crippen molar-refractivity contribution in [3.8, 4) is 11.5 Å². The van der Waals surface area contributed by atoms with E-state index in [4.69, 9.17) is 9.47 Å². The predicted octanol–water partition coefficient (Wildman–Crippen LogP) is 5.96. The van der Waals surface area contributed by atoms with Gasteiger partial charge in [-0.25, -0.2) is 9.18 Å². The maximum Gasteiger partial charge on any atom is 0.419 e. The van der Waals surface area contributed by atoms with E-state index in [-0.39, 0.29) is 23.2 Å². The molecule has 1 saturated heterocycles. The van der Waals surface area contributed by atoms with Crippen LogP contribution in [0, 0.1) is 5.82 Å². The molecule has 2 aliphatic rings. The standard InChI is InChI=1S/C27H33F4N3O3/c1-16(2)34-12-11-26(17-5-8-22(36-3)23(13-17)37-4)10-9-19(15-24(26)34)33-25(35)32-18-6-7-21(28)20(14-18)27(29,30)31/h5-8,13-14,16,19,24H,9-12,15H2,1-4H3,(H2,32,33,35)/t19-,24+,26-/m0/s1. The zero-order chi connectivity index (χ0) is 27.0. The average Bonchev–Trinajstić information content (AvgIpc) is 3.24. The van der Waals surface area contributed by atoms with Gasteiger partial charge in [-0.2, -0.15) is 13.2 Å². The smallest absolute Gasteiger partial charge is 0.419 e. The van der Waals surface area contributed by atoms with E-state index in [1.807, 2.05) is 12.1 Å². The van der Waals surface area contributed by atoms with Gasteiger partial charge in [0.05, 0.1) is 19.8 Å². The highest BCUT2D eigenvalue weighted by molar-refractivity contribution is 5.89. The fraction of sp³-hybridized carbons (Fsp3) is 0.519. The number of hydrogen-bond acceptors (Lipinski definition) is 4. The molecule has 4 rings (SSSR count). The van der Waals surface area contributed by atoms with Crippen molar-refractivity contribution in [2.75, 3.05) is 26.1 Å². The maximum absolute atomic E-state index is 13.6. The summed E-state index contributed by atoms with van der Waals surface area (Å²) in [5, 5.41) is 5.36. The number of fused-ring (bicyclic) bond motifs is 1. The molecule has 0 aromatic heterocycles. The van der Waals surface area contributed by atoms with E-state index in [9.17, 15) is 22.4 Å². The lowest BCUT2D eigenvalue weighted by molar-refractivity contribution is -0.139. The molecule has 0 bridgehead atoms. The number of nitrogens with one attached hydrogen (secondary N) is 2. The number of alkyl halides is 3. The molecule has 1 saturated carbocycles. The Hall–Kier alpha value is -3.01. The maximum atomic E-state index is 13.6. The van der Waals surface area contributed by atoms with E-state index in [1.54, 1.807) is 14.2 Å². The van der Waals surface area contributed by atoms with Crippen LogP contribution >= 0.6 is 0 Å². The Labute approximate surface area is 214 Å². The third-order valence-electron chi connectivity index (χ3n) is 7.79. The van der Waals surface area contributed by atoms with Crippen LogP contribution in [0.1, 0.15) is 50.7 Å². The van der Waals surface area contributed by atoms with E-state index in [1.165, 1.54) is 5.56 Å². The Morgan fingerprint density at radius 1 is 1.08 bits per heavy atom. The van der Waals surface area contributed by atoms with E-state index >= 15 is 0 Å². The van der Waals surface area contributed by atoms with Crippen molar-refractivity contribution in [1.82, 2.24) is 10.2 Å². The van der Waals surface area contributed by atoms with Crippen LogP contribution in [-0.2, 0) is 11.6 Å². The first-order valence-corrected chi connectivity index (χ1v) is 12.4. The molecule has 1 aliphatic heterocycles. The minimum absolute atomic E-state index is 0.114. The molecule has 1 heterocycles. The van der Waals surface area contributed by atoms with Crippen LogP contribution in [0.3, 0.4) is 0 Å². The van der Waals surface area contributed by atoms with Gasteiger partial charge in [-0.15, -0.1) is 0 Å². The van der Waals surface area contributed by atoms with Crippen LogP contribution in [0.2, 0.25) is 0 Å². The summed E-state index contributed by atoms with van der Waals surface area (Å²) in [5.41, 5.74) is -0.475. The number of rotatable bonds is 6. The third kappa shape index (κ3) is 5.35. The molecular formula is C27H33F4N3O3. The lowest BCUT2D eigenvalue weighted by atomic mass is 9.65. The fourth-order valence-corrected chi connectivity index (χ4v) is 5.99. The highest BCUT2D eigenvalue weighted by Gasteiger charge is 2.52. The summed E-state index contributed by atoms with van der Waals surface area (Å²) in [4.78, 5) is 15.2. The number of urea groups is 1. The fourth-order valence-electron chi connectivity index (χ4n) is 5.99. The zero-order valence-electron chi connectivity index (χ0n) is 21.4. The quantitative estimate of drug-likeness (QED) is 0.459. The minimum Gasteiger partial charge on any atom is -0.493 e. The number of ether oxygens (including phenoxy) is 2. The summed E-state index contributed by atoms with van der Waals surface area (Å²) in [6.07, 6.45) is -1.65. The SMILES string of the molecule is COc1ccc([C@@]23CC[C@H](NC(=O)Nc4ccc(F)c(C(F)(F)F)c4)C[C@H]2N(C(C)C)CC3)cc1OC. The van der Waals surface area contributed by atoms with Gasteiger partial charge in [-0.3, -0.25) is 4.90 Å². The number of amides is 2. The summed E-state index contributed by atoms with van der Waals surface area (Å²) in [5.74, 6) is -0.0417. The molecule has 2 N–H and O–H groups in total. The van der Waals surface area contributed by atoms with E-state index < -0.39 is 23.6 Å². The number of benzene rings is 2. The third-order valence-corrected chi connectivity index (χ3v) is 7.79. The normalized spacial score (nSPS) is 24.0. The van der Waals surface area contributed by atoms with Crippen molar-refractivity contribution < 1.29 is 31.8 Å². The van der Waals surface area contributed by atoms with Crippen LogP contribution in [0.15, 0.2) is 36.4 Å². The van der Waals surface area contributed by atoms with Crippen LogP contribution in [-0.4, -0.2) is 49.8 Å². The number of anilines is 1. The summed E-state index contributed by atoms with van der Waals surface area (Å²) in [6, 6.07) is 8.17. The van der Waals surface area contributed by atoms with Crippen LogP contribution in [0.4, 0.5) is 28.0 Å². The lowest BCUT2D eigenvalue weighted by Gasteiger charge is -2.46. The van der Waals surface area contributed by atoms with E-state index in [0.29, 0.717) is 42.5 Å². The number of likely N-dealkylation sites (tertiary alicyclic amines) is 1. The van der Waals surface area contributed by atoms with Crippen molar-refractivity contribution in [3.63, 3.8) is 0 Å². The summed E-state index contributed by atoms with van der Waals surface area (Å²) in [6.45, 7) is 5.23. The van der Waals surface area contributed by atoms with Crippen molar-refractivity contribution in [2.45, 2.75) is 69.2 Å². The Bertz CT molecular complexity index is 1140. The Balaban J connectivity index is 1.52. The molecule has 1 aliphatic carbocycles. The molecule has 0 unspecified atom stereocenters. The summed E-state index contributed by atoms with van der Waals surface area (Å²) >= 11 is 0. The number of hydrogen-bond donors (Lipinski definition) is 2. The number of halogens is 4. The molecule has 2 amide bonds. The highest BCUT2D eigenvalue weighted by Crippen LogP contribution is 2.51. The minimum atomic E-state index is -4.85. The van der Waals surface area contributed by atoms with Gasteiger partial charge >= 0.3 is 12.2 Å². The number of carbonyl (C=O) groups excluding carboxylic acids is 1. The van der Waals surface area contributed by atoms with E-state index in [0.717, 1.165) is 25.5 Å². The highest BCUT2D eigenvalue weighted by atomic mass is 19.4. The molecule has 202 valence electrons. The van der Waals surface area contributed by atoms with Crippen LogP contribution in [0.25, 0.3) is 0 Å². The first kappa shape index (κ1) is 27.0. The van der Waals surface area contributed by atoms with Gasteiger partial charge in [0.25, 0.3) is 0 Å². The molecule has 6 nitrogen and oxygen atoms in total. The summed E-state index contributed by atoms with van der Waals surface area (Å²) < 4.78 is 63.7. The van der Waals surface area contributed by atoms with Gasteiger partial charge in [0.2, 0.25) is 0 Å². The van der Waals surface area contributed by atoms with Gasteiger partial charge in [0, 0.05) is 29.2 Å². The molecule has 3 atom stereocenters. The first-order chi connectivity index (χ1) is 17.5. The Morgan fingerprint density at radius 3 is 2.46 bits per heavy atom. The van der Waals surface area contributed by atoms with Gasteiger partial charge < -0.3 is 20.1 Å². The number of nitrogens with zero attached hydrogens (tertiary/aromatic N) is 1. The Kier molecular flexibility index (Phi) is 7.60. The average molecular weight is 524 g/mol. The predicted molar refractivity (Wildman–Crippen MR) is 133 cm³/mol. The molecule has 37 heavy (non-hydrogen) atoms. The lowest BCUT2D eigenvalue weighted by Crippen LogP contribution is -2.54. The van der Waals surface area contributed by atoms with Gasteiger partial charge in [0.15, 0.2) is 11.5 Å². The van der Waals surface area contributed by atoms with Crippen molar-refractivity contribution in [2.24, 2.45) is 0 Å². The van der Waals surface area contributed by atoms with Crippen LogP contribution < -0.4 is 20.1 Å². The number of methoxy groups -OCH3 is 2. The second-order valence-corrected chi connectivity index (χ2v) is 10.1. The molecule has 0 spiro atoms. The molecule has 10 heteroatoms. The molecule has 2 fully saturated rings. The van der Waals surface area contributed by atoms with Gasteiger partial charge in [-0.1, -0.05) is 6.07 Å². The molecular weight excluding hydrogens is 490 g/mol. The zero-order valence-corrected chi connectivity index (χ0v) is 21.4. The second-order valence-electron chi connectivity index (χ2n) is 10.1. The van der Waals surface area contributed by atoms with Gasteiger partial charge in [0.1, 0.15) is 5.82 Å². The van der Waals surface area contributed by atoms with Crippen molar-refractivity contribution in [3.05, 3.63) is 53.3 Å². The molecule has 2 aromatic carbocycles. The van der Waals surface area contributed by atoms with Crippen LogP contribution in [0.5, 0.6) is 11.5 Å². The number of carbonyl (C=O) groups is 1. The molecule has 2 aromatic rings. The topological polar surface area (TPSA) is 62.8 Å². The summed E-state index contributed by atoms with van der Waals surface area (Å²) in [7, 11) is 3.22. The first-order valence-electron chi connectivity index (χ1n) is 12.4. The monoisotopic (exact) mass is 523 g/mol. The Morgan fingerprint density at radius 2 is 1.81 bits per heavy atom. The van der Waals surface area contributed by atoms with Crippen molar-refractivity contribution in [1.29, 1.82) is 0 Å². The second kappa shape index (κ2) is 10.4. The largest absolute Gasteiger partial charge is 0.493 e. The van der Waals surface area contributed by atoms with Crippen molar-refractivity contribution >= 4 is 11.7 Å². The van der Waals surface area contributed by atoms with Gasteiger partial charge in [-0.05, 0) is 82.0 Å².